The van der Waals surface area contributed by atoms with Gasteiger partial charge in [0.25, 0.3) is 11.8 Å². The molecule has 0 bridgehead atoms. The number of benzene rings is 1. The lowest BCUT2D eigenvalue weighted by molar-refractivity contribution is -0.120. The molecule has 0 unspecified atom stereocenters. The first-order valence-corrected chi connectivity index (χ1v) is 7.91. The molecular weight excluding hydrogens is 345 g/mol. The van der Waals surface area contributed by atoms with Crippen LogP contribution >= 0.6 is 35.4 Å². The van der Waals surface area contributed by atoms with E-state index in [4.69, 9.17) is 35.4 Å². The van der Waals surface area contributed by atoms with E-state index in [2.05, 4.69) is 0 Å². The smallest absolute Gasteiger partial charge is 0.261 e. The Kier molecular flexibility index (Phi) is 3.97. The Morgan fingerprint density at radius 1 is 1.05 bits per heavy atom. The maximum Gasteiger partial charge on any atom is 0.261 e. The fourth-order valence-electron chi connectivity index (χ4n) is 2.83. The van der Waals surface area contributed by atoms with Crippen LogP contribution in [-0.4, -0.2) is 22.0 Å². The van der Waals surface area contributed by atoms with Crippen LogP contribution in [0.3, 0.4) is 0 Å². The van der Waals surface area contributed by atoms with Crippen molar-refractivity contribution in [2.45, 2.75) is 25.7 Å². The number of aliphatic hydroxyl groups is 1. The molecular formula is C15H11Cl2NO3S. The van der Waals surface area contributed by atoms with Crippen LogP contribution in [0.2, 0.25) is 10.0 Å². The highest BCUT2D eigenvalue weighted by atomic mass is 35.5. The van der Waals surface area contributed by atoms with Crippen molar-refractivity contribution in [3.05, 3.63) is 38.9 Å². The molecule has 1 N–H and O–H groups in total. The Labute approximate surface area is 142 Å². The SMILES string of the molecule is O=C1C2=C(CCCC2)C(=O)N1c1cc(C(O)=S)c(Cl)cc1Cl. The molecule has 0 aromatic heterocycles. The van der Waals surface area contributed by atoms with Crippen molar-refractivity contribution in [1.82, 2.24) is 0 Å². The van der Waals surface area contributed by atoms with Crippen molar-refractivity contribution in [1.29, 1.82) is 0 Å². The Morgan fingerprint density at radius 3 is 2.09 bits per heavy atom. The van der Waals surface area contributed by atoms with E-state index in [9.17, 15) is 14.7 Å². The number of hydrogen-bond acceptors (Lipinski definition) is 3. The zero-order valence-corrected chi connectivity index (χ0v) is 13.7. The molecule has 2 aliphatic rings. The lowest BCUT2D eigenvalue weighted by Gasteiger charge is -2.18. The van der Waals surface area contributed by atoms with E-state index in [-0.39, 0.29) is 33.1 Å². The van der Waals surface area contributed by atoms with Crippen LogP contribution in [0.5, 0.6) is 0 Å². The first kappa shape index (κ1) is 15.5. The molecule has 0 radical (unpaired) electrons. The molecule has 0 atom stereocenters. The summed E-state index contributed by atoms with van der Waals surface area (Å²) < 4.78 is 0. The van der Waals surface area contributed by atoms with E-state index in [1.54, 1.807) is 0 Å². The summed E-state index contributed by atoms with van der Waals surface area (Å²) in [6, 6.07) is 2.75. The third kappa shape index (κ3) is 2.33. The van der Waals surface area contributed by atoms with Crippen molar-refractivity contribution < 1.29 is 14.7 Å². The number of carbonyl (C=O) groups excluding carboxylic acids is 2. The molecule has 2 amide bonds. The third-order valence-electron chi connectivity index (χ3n) is 3.90. The summed E-state index contributed by atoms with van der Waals surface area (Å²) in [5, 5.41) is 9.41. The third-order valence-corrected chi connectivity index (χ3v) is 4.73. The second kappa shape index (κ2) is 5.65. The number of halogens is 2. The quantitative estimate of drug-likeness (QED) is 0.644. The second-order valence-corrected chi connectivity index (χ2v) is 6.40. The fourth-order valence-corrected chi connectivity index (χ4v) is 3.61. The standard InChI is InChI=1S/C15H11Cl2NO3S/c16-10-6-11(17)12(5-9(10)15(21)22)18-13(19)7-3-1-2-4-8(7)14(18)20/h5-6H,1-4H2,(H,21,22). The molecule has 4 nitrogen and oxygen atoms in total. The van der Waals surface area contributed by atoms with Crippen molar-refractivity contribution in [3.63, 3.8) is 0 Å². The zero-order valence-electron chi connectivity index (χ0n) is 11.4. The summed E-state index contributed by atoms with van der Waals surface area (Å²) in [6.45, 7) is 0. The molecule has 1 aliphatic heterocycles. The van der Waals surface area contributed by atoms with E-state index >= 15 is 0 Å². The van der Waals surface area contributed by atoms with E-state index in [1.165, 1.54) is 12.1 Å². The summed E-state index contributed by atoms with van der Waals surface area (Å²) in [5.74, 6) is -0.697. The van der Waals surface area contributed by atoms with Crippen LogP contribution in [0, 0.1) is 0 Å². The molecule has 3 rings (SSSR count). The van der Waals surface area contributed by atoms with Gasteiger partial charge < -0.3 is 5.11 Å². The van der Waals surface area contributed by atoms with E-state index < -0.39 is 5.05 Å². The van der Waals surface area contributed by atoms with Crippen LogP contribution in [-0.2, 0) is 9.59 Å². The number of thiocarbonyl (C=S) groups is 1. The number of aliphatic hydroxyl groups excluding tert-OH is 1. The van der Waals surface area contributed by atoms with Gasteiger partial charge in [0.05, 0.1) is 15.7 Å². The lowest BCUT2D eigenvalue weighted by atomic mass is 9.93. The number of anilines is 1. The molecule has 0 saturated carbocycles. The Bertz CT molecular complexity index is 729. The van der Waals surface area contributed by atoms with Crippen molar-refractivity contribution in [2.24, 2.45) is 0 Å². The summed E-state index contributed by atoms with van der Waals surface area (Å²) in [6.07, 6.45) is 3.00. The number of hydrogen-bond donors (Lipinski definition) is 1. The van der Waals surface area contributed by atoms with Crippen LogP contribution in [0.1, 0.15) is 31.2 Å². The van der Waals surface area contributed by atoms with Crippen LogP contribution < -0.4 is 4.90 Å². The summed E-state index contributed by atoms with van der Waals surface area (Å²) >= 11 is 16.8. The minimum atomic E-state index is -0.417. The molecule has 1 aromatic carbocycles. The van der Waals surface area contributed by atoms with Crippen molar-refractivity contribution in [3.8, 4) is 0 Å². The van der Waals surface area contributed by atoms with Crippen molar-refractivity contribution in [2.75, 3.05) is 4.90 Å². The number of amides is 2. The Hall–Kier alpha value is -1.43. The van der Waals surface area contributed by atoms with Crippen molar-refractivity contribution >= 4 is 58.0 Å². The van der Waals surface area contributed by atoms with Crippen LogP contribution in [0.4, 0.5) is 5.69 Å². The Balaban J connectivity index is 2.09. The normalized spacial score (nSPS) is 18.0. The van der Waals surface area contributed by atoms with Gasteiger partial charge in [-0.2, -0.15) is 0 Å². The van der Waals surface area contributed by atoms with Gasteiger partial charge in [-0.25, -0.2) is 4.90 Å². The average Bonchev–Trinajstić information content (AvgIpc) is 2.72. The van der Waals surface area contributed by atoms with Gasteiger partial charge in [-0.1, -0.05) is 23.2 Å². The summed E-state index contributed by atoms with van der Waals surface area (Å²) in [5.41, 5.74) is 1.49. The summed E-state index contributed by atoms with van der Waals surface area (Å²) in [7, 11) is 0. The minimum Gasteiger partial charge on any atom is -0.498 e. The maximum atomic E-state index is 12.5. The van der Waals surface area contributed by atoms with Gasteiger partial charge in [0.2, 0.25) is 0 Å². The first-order valence-electron chi connectivity index (χ1n) is 6.75. The highest BCUT2D eigenvalue weighted by Gasteiger charge is 2.40. The predicted molar refractivity (Wildman–Crippen MR) is 88.8 cm³/mol. The molecule has 1 heterocycles. The largest absolute Gasteiger partial charge is 0.498 e. The van der Waals surface area contributed by atoms with Gasteiger partial charge in [0.15, 0.2) is 5.05 Å². The zero-order chi connectivity index (χ0) is 16.0. The van der Waals surface area contributed by atoms with Gasteiger partial charge in [0, 0.05) is 16.7 Å². The number of rotatable bonds is 2. The van der Waals surface area contributed by atoms with E-state index in [1.807, 2.05) is 0 Å². The van der Waals surface area contributed by atoms with Gasteiger partial charge >= 0.3 is 0 Å². The van der Waals surface area contributed by atoms with Gasteiger partial charge in [-0.3, -0.25) is 9.59 Å². The van der Waals surface area contributed by atoms with Gasteiger partial charge in [-0.05, 0) is 50.0 Å². The summed E-state index contributed by atoms with van der Waals surface area (Å²) in [4.78, 5) is 26.1. The monoisotopic (exact) mass is 355 g/mol. The topological polar surface area (TPSA) is 57.6 Å². The van der Waals surface area contributed by atoms with Gasteiger partial charge in [-0.15, -0.1) is 0 Å². The number of carbonyl (C=O) groups is 2. The molecule has 1 aliphatic carbocycles. The fraction of sp³-hybridized carbons (Fsp3) is 0.267. The van der Waals surface area contributed by atoms with Gasteiger partial charge in [0.1, 0.15) is 0 Å². The molecule has 0 spiro atoms. The average molecular weight is 356 g/mol. The van der Waals surface area contributed by atoms with Crippen LogP contribution in [0.25, 0.3) is 0 Å². The molecule has 0 fully saturated rings. The van der Waals surface area contributed by atoms with E-state index in [0.717, 1.165) is 17.7 Å². The molecule has 0 saturated heterocycles. The lowest BCUT2D eigenvalue weighted by Crippen LogP contribution is -2.32. The Morgan fingerprint density at radius 2 is 1.59 bits per heavy atom. The number of nitrogens with zero attached hydrogens (tertiary/aromatic N) is 1. The maximum absolute atomic E-state index is 12.5. The number of imide groups is 1. The van der Waals surface area contributed by atoms with Crippen LogP contribution in [0.15, 0.2) is 23.3 Å². The molecule has 1 aromatic rings. The molecule has 7 heteroatoms. The molecule has 114 valence electrons. The van der Waals surface area contributed by atoms with E-state index in [0.29, 0.717) is 24.0 Å². The first-order chi connectivity index (χ1) is 10.4. The highest BCUT2D eigenvalue weighted by Crippen LogP contribution is 2.39. The highest BCUT2D eigenvalue weighted by molar-refractivity contribution is 7.80. The molecule has 22 heavy (non-hydrogen) atoms. The predicted octanol–water partition coefficient (Wildman–Crippen LogP) is 3.97. The second-order valence-electron chi connectivity index (χ2n) is 5.20. The minimum absolute atomic E-state index is 0.159.